The van der Waals surface area contributed by atoms with Crippen molar-refractivity contribution in [3.8, 4) is 0 Å². The van der Waals surface area contributed by atoms with E-state index in [9.17, 15) is 0 Å². The minimum atomic E-state index is 0. The van der Waals surface area contributed by atoms with Crippen LogP contribution in [-0.2, 0) is 11.2 Å². The van der Waals surface area contributed by atoms with Gasteiger partial charge in [0.2, 0.25) is 0 Å². The first-order valence-electron chi connectivity index (χ1n) is 9.94. The summed E-state index contributed by atoms with van der Waals surface area (Å²) in [5.74, 6) is 2.62. The molecule has 0 amide bonds. The average molecular weight is 473 g/mol. The lowest BCUT2D eigenvalue weighted by Crippen LogP contribution is -2.72. The maximum Gasteiger partial charge on any atom is 0.191 e. The van der Waals surface area contributed by atoms with Crippen LogP contribution in [0.1, 0.15) is 51.7 Å². The van der Waals surface area contributed by atoms with E-state index in [-0.39, 0.29) is 24.0 Å². The Morgan fingerprint density at radius 1 is 1.42 bits per heavy atom. The van der Waals surface area contributed by atoms with Gasteiger partial charge in [-0.15, -0.1) is 24.0 Å². The Morgan fingerprint density at radius 2 is 2.27 bits per heavy atom. The lowest BCUT2D eigenvalue weighted by molar-refractivity contribution is -0.171. The summed E-state index contributed by atoms with van der Waals surface area (Å²) < 4.78 is 11.5. The second-order valence-electron chi connectivity index (χ2n) is 7.97. The van der Waals surface area contributed by atoms with E-state index in [0.29, 0.717) is 29.5 Å². The highest BCUT2D eigenvalue weighted by Crippen LogP contribution is 2.62. The van der Waals surface area contributed by atoms with Crippen LogP contribution in [0.15, 0.2) is 27.8 Å². The Morgan fingerprint density at radius 3 is 2.92 bits per heavy atom. The highest BCUT2D eigenvalue weighted by atomic mass is 127. The SMILES string of the molecule is CCC(C)NC(=NCCc1ccco1)NC1C2CCOC2C12CCC2.I. The molecule has 2 heterocycles. The van der Waals surface area contributed by atoms with Gasteiger partial charge in [0.25, 0.3) is 0 Å². The van der Waals surface area contributed by atoms with Crippen molar-refractivity contribution in [1.82, 2.24) is 10.6 Å². The molecule has 1 aromatic rings. The molecule has 0 bridgehead atoms. The summed E-state index contributed by atoms with van der Waals surface area (Å²) in [5, 5.41) is 7.37. The normalized spacial score (nSPS) is 29.9. The number of nitrogens with one attached hydrogen (secondary N) is 2. The monoisotopic (exact) mass is 473 g/mol. The predicted octanol–water partition coefficient (Wildman–Crippen LogP) is 3.73. The van der Waals surface area contributed by atoms with Crippen molar-refractivity contribution in [1.29, 1.82) is 0 Å². The molecule has 2 N–H and O–H groups in total. The molecule has 2 aliphatic carbocycles. The van der Waals surface area contributed by atoms with E-state index < -0.39 is 0 Å². The molecule has 6 heteroatoms. The molecule has 1 saturated heterocycles. The van der Waals surface area contributed by atoms with E-state index in [1.165, 1.54) is 25.7 Å². The number of rotatable bonds is 6. The smallest absolute Gasteiger partial charge is 0.191 e. The maximum atomic E-state index is 6.04. The largest absolute Gasteiger partial charge is 0.469 e. The molecule has 0 aromatic carbocycles. The van der Waals surface area contributed by atoms with Gasteiger partial charge in [-0.25, -0.2) is 0 Å². The van der Waals surface area contributed by atoms with Gasteiger partial charge in [-0.2, -0.15) is 0 Å². The molecule has 4 rings (SSSR count). The quantitative estimate of drug-likeness (QED) is 0.376. The van der Waals surface area contributed by atoms with E-state index in [1.807, 2.05) is 12.1 Å². The van der Waals surface area contributed by atoms with Crippen LogP contribution < -0.4 is 10.6 Å². The highest BCUT2D eigenvalue weighted by Gasteiger charge is 2.66. The average Bonchev–Trinajstić information content (AvgIpc) is 3.21. The number of nitrogens with zero attached hydrogens (tertiary/aromatic N) is 1. The minimum absolute atomic E-state index is 0. The van der Waals surface area contributed by atoms with Gasteiger partial charge in [0.1, 0.15) is 5.76 Å². The molecule has 0 radical (unpaired) electrons. The lowest BCUT2D eigenvalue weighted by Gasteiger charge is -2.63. The molecule has 1 spiro atoms. The number of halogens is 1. The maximum absolute atomic E-state index is 6.04. The highest BCUT2D eigenvalue weighted by molar-refractivity contribution is 14.0. The number of ether oxygens (including phenoxy) is 1. The summed E-state index contributed by atoms with van der Waals surface area (Å²) >= 11 is 0. The molecule has 3 aliphatic rings. The number of hydrogen-bond donors (Lipinski definition) is 2. The van der Waals surface area contributed by atoms with Gasteiger partial charge >= 0.3 is 0 Å². The fourth-order valence-electron chi connectivity index (χ4n) is 4.80. The van der Waals surface area contributed by atoms with Gasteiger partial charge in [0, 0.05) is 43.0 Å². The number of furan rings is 1. The summed E-state index contributed by atoms with van der Waals surface area (Å²) in [4.78, 5) is 4.84. The number of fused-ring (bicyclic) bond motifs is 2. The summed E-state index contributed by atoms with van der Waals surface area (Å²) in [7, 11) is 0. The molecule has 5 nitrogen and oxygen atoms in total. The van der Waals surface area contributed by atoms with Crippen LogP contribution >= 0.6 is 24.0 Å². The van der Waals surface area contributed by atoms with E-state index in [0.717, 1.165) is 37.7 Å². The zero-order valence-electron chi connectivity index (χ0n) is 15.9. The van der Waals surface area contributed by atoms with Gasteiger partial charge in [0.05, 0.1) is 12.4 Å². The minimum Gasteiger partial charge on any atom is -0.469 e. The third kappa shape index (κ3) is 3.63. The van der Waals surface area contributed by atoms with Crippen LogP contribution in [0.5, 0.6) is 0 Å². The fourth-order valence-corrected chi connectivity index (χ4v) is 4.80. The molecular weight excluding hydrogens is 441 g/mol. The molecule has 1 aromatic heterocycles. The van der Waals surface area contributed by atoms with Gasteiger partial charge in [-0.05, 0) is 44.7 Å². The second kappa shape index (κ2) is 8.50. The fraction of sp³-hybridized carbons (Fsp3) is 0.750. The Hall–Kier alpha value is -0.760. The summed E-state index contributed by atoms with van der Waals surface area (Å²) in [5.41, 5.74) is 0.375. The van der Waals surface area contributed by atoms with Gasteiger partial charge < -0.3 is 19.8 Å². The zero-order chi connectivity index (χ0) is 17.3. The Labute approximate surface area is 173 Å². The number of hydrogen-bond acceptors (Lipinski definition) is 3. The van der Waals surface area contributed by atoms with Gasteiger partial charge in [-0.1, -0.05) is 13.3 Å². The molecule has 3 fully saturated rings. The van der Waals surface area contributed by atoms with Crippen LogP contribution in [0.4, 0.5) is 0 Å². The summed E-state index contributed by atoms with van der Waals surface area (Å²) in [6.45, 7) is 6.09. The van der Waals surface area contributed by atoms with E-state index in [2.05, 4.69) is 24.5 Å². The Kier molecular flexibility index (Phi) is 6.54. The number of guanidine groups is 1. The van der Waals surface area contributed by atoms with Crippen LogP contribution in [0, 0.1) is 11.3 Å². The van der Waals surface area contributed by atoms with Crippen LogP contribution in [0.2, 0.25) is 0 Å². The van der Waals surface area contributed by atoms with Crippen LogP contribution in [0.3, 0.4) is 0 Å². The van der Waals surface area contributed by atoms with E-state index in [1.54, 1.807) is 6.26 Å². The van der Waals surface area contributed by atoms with E-state index >= 15 is 0 Å². The molecule has 26 heavy (non-hydrogen) atoms. The van der Waals surface area contributed by atoms with Gasteiger partial charge in [-0.3, -0.25) is 4.99 Å². The predicted molar refractivity (Wildman–Crippen MR) is 114 cm³/mol. The van der Waals surface area contributed by atoms with Crippen molar-refractivity contribution >= 4 is 29.9 Å². The lowest BCUT2D eigenvalue weighted by atomic mass is 9.46. The van der Waals surface area contributed by atoms with E-state index in [4.69, 9.17) is 14.1 Å². The third-order valence-electron chi connectivity index (χ3n) is 6.53. The van der Waals surface area contributed by atoms with Crippen LogP contribution in [-0.4, -0.2) is 37.3 Å². The standard InChI is InChI=1S/C20H31N3O2.HI/c1-3-14(2)22-19(21-11-7-15-6-4-12-24-15)23-17-16-8-13-25-18(16)20(17)9-5-10-20;/h4,6,12,14,16-18H,3,5,7-11,13H2,1-2H3,(H2,21,22,23);1H. The van der Waals surface area contributed by atoms with Crippen molar-refractivity contribution in [2.75, 3.05) is 13.2 Å². The summed E-state index contributed by atoms with van der Waals surface area (Å²) in [6.07, 6.45) is 9.28. The Bertz CT molecular complexity index is 600. The number of aliphatic imine (C=N–C) groups is 1. The molecule has 4 atom stereocenters. The van der Waals surface area contributed by atoms with Crippen molar-refractivity contribution in [2.24, 2.45) is 16.3 Å². The molecule has 146 valence electrons. The van der Waals surface area contributed by atoms with Crippen molar-refractivity contribution in [2.45, 2.75) is 70.6 Å². The van der Waals surface area contributed by atoms with Crippen molar-refractivity contribution < 1.29 is 9.15 Å². The van der Waals surface area contributed by atoms with Crippen molar-refractivity contribution in [3.05, 3.63) is 24.2 Å². The second-order valence-corrected chi connectivity index (χ2v) is 7.97. The van der Waals surface area contributed by atoms with Crippen LogP contribution in [0.25, 0.3) is 0 Å². The third-order valence-corrected chi connectivity index (χ3v) is 6.53. The molecule has 4 unspecified atom stereocenters. The first-order chi connectivity index (χ1) is 12.2. The first kappa shape index (κ1) is 20.0. The molecule has 2 saturated carbocycles. The first-order valence-corrected chi connectivity index (χ1v) is 9.94. The zero-order valence-corrected chi connectivity index (χ0v) is 18.2. The molecule has 1 aliphatic heterocycles. The van der Waals surface area contributed by atoms with Gasteiger partial charge in [0.15, 0.2) is 5.96 Å². The Balaban J connectivity index is 0.00000196. The van der Waals surface area contributed by atoms with Crippen molar-refractivity contribution in [3.63, 3.8) is 0 Å². The molecular formula is C20H32IN3O2. The summed E-state index contributed by atoms with van der Waals surface area (Å²) in [6, 6.07) is 4.89. The topological polar surface area (TPSA) is 58.8 Å².